The van der Waals surface area contributed by atoms with E-state index in [0.29, 0.717) is 18.2 Å². The van der Waals surface area contributed by atoms with Crippen molar-refractivity contribution in [2.45, 2.75) is 39.2 Å². The highest BCUT2D eigenvalue weighted by atomic mass is 16.1. The fourth-order valence-electron chi connectivity index (χ4n) is 3.04. The highest BCUT2D eigenvalue weighted by Gasteiger charge is 2.32. The van der Waals surface area contributed by atoms with Crippen LogP contribution < -0.4 is 4.90 Å². The molecule has 16 heavy (non-hydrogen) atoms. The van der Waals surface area contributed by atoms with Gasteiger partial charge in [0.1, 0.15) is 0 Å². The van der Waals surface area contributed by atoms with Gasteiger partial charge in [-0.1, -0.05) is 12.1 Å². The van der Waals surface area contributed by atoms with Crippen LogP contribution in [0.25, 0.3) is 0 Å². The second-order valence-electron chi connectivity index (χ2n) is 5.02. The van der Waals surface area contributed by atoms with Crippen LogP contribution in [-0.4, -0.2) is 18.4 Å². The van der Waals surface area contributed by atoms with E-state index < -0.39 is 0 Å². The number of hydrogen-bond acceptors (Lipinski definition) is 2. The van der Waals surface area contributed by atoms with Gasteiger partial charge >= 0.3 is 0 Å². The molecule has 1 atom stereocenters. The molecule has 1 aromatic carbocycles. The minimum Gasteiger partial charge on any atom is -0.368 e. The first-order valence-corrected chi connectivity index (χ1v) is 6.11. The van der Waals surface area contributed by atoms with Gasteiger partial charge in [-0.3, -0.25) is 4.79 Å². The summed E-state index contributed by atoms with van der Waals surface area (Å²) >= 11 is 0. The lowest BCUT2D eigenvalue weighted by atomic mass is 9.86. The van der Waals surface area contributed by atoms with Crippen molar-refractivity contribution in [3.05, 3.63) is 28.8 Å². The molecule has 2 heterocycles. The Bertz CT molecular complexity index is 464. The number of Topliss-reactive ketones (excluding diaryl/α,β-unsaturated/α-hetero) is 1. The molecule has 2 aliphatic heterocycles. The molecule has 0 saturated heterocycles. The van der Waals surface area contributed by atoms with Gasteiger partial charge in [-0.2, -0.15) is 0 Å². The van der Waals surface area contributed by atoms with Crippen molar-refractivity contribution < 1.29 is 4.79 Å². The summed E-state index contributed by atoms with van der Waals surface area (Å²) in [5.41, 5.74) is 4.75. The van der Waals surface area contributed by atoms with Gasteiger partial charge in [-0.15, -0.1) is 0 Å². The molecule has 0 fully saturated rings. The van der Waals surface area contributed by atoms with Gasteiger partial charge in [-0.25, -0.2) is 0 Å². The van der Waals surface area contributed by atoms with Gasteiger partial charge in [0, 0.05) is 24.6 Å². The summed E-state index contributed by atoms with van der Waals surface area (Å²) in [6.45, 7) is 5.23. The number of anilines is 1. The third-order valence-electron chi connectivity index (χ3n) is 3.98. The normalized spacial score (nSPS) is 23.2. The lowest BCUT2D eigenvalue weighted by molar-refractivity contribution is 0.0977. The maximum atomic E-state index is 12.0. The van der Waals surface area contributed by atoms with E-state index in [4.69, 9.17) is 0 Å². The van der Waals surface area contributed by atoms with Crippen LogP contribution in [-0.2, 0) is 6.42 Å². The average Bonchev–Trinajstić information content (AvgIpc) is 2.27. The lowest BCUT2D eigenvalue weighted by Crippen LogP contribution is -2.42. The maximum Gasteiger partial charge on any atom is 0.166 e. The number of benzene rings is 1. The summed E-state index contributed by atoms with van der Waals surface area (Å²) in [6, 6.07) is 4.89. The second-order valence-corrected chi connectivity index (χ2v) is 5.02. The van der Waals surface area contributed by atoms with E-state index in [1.165, 1.54) is 17.7 Å². The SMILES string of the molecule is Cc1ccc2c3c1C(=O)CCN3C(C)CC2. The molecule has 2 aliphatic rings. The van der Waals surface area contributed by atoms with E-state index in [1.807, 2.05) is 0 Å². The Morgan fingerprint density at radius 3 is 2.94 bits per heavy atom. The number of rotatable bonds is 0. The minimum atomic E-state index is 0.333. The summed E-state index contributed by atoms with van der Waals surface area (Å²) in [5, 5.41) is 0. The number of carbonyl (C=O) groups is 1. The Balaban J connectivity index is 2.27. The van der Waals surface area contributed by atoms with Crippen molar-refractivity contribution in [3.63, 3.8) is 0 Å². The van der Waals surface area contributed by atoms with Crippen LogP contribution >= 0.6 is 0 Å². The standard InChI is InChI=1S/C14H17NO/c1-9-3-5-11-6-4-10(2)15-8-7-12(16)13(9)14(11)15/h3,5,10H,4,6-8H2,1-2H3. The average molecular weight is 215 g/mol. The number of carbonyl (C=O) groups excluding carboxylic acids is 1. The van der Waals surface area contributed by atoms with Gasteiger partial charge in [0.2, 0.25) is 0 Å². The Morgan fingerprint density at radius 2 is 2.12 bits per heavy atom. The smallest absolute Gasteiger partial charge is 0.166 e. The van der Waals surface area contributed by atoms with Crippen molar-refractivity contribution in [2.75, 3.05) is 11.4 Å². The van der Waals surface area contributed by atoms with E-state index in [0.717, 1.165) is 24.1 Å². The molecule has 84 valence electrons. The Kier molecular flexibility index (Phi) is 2.06. The molecule has 0 saturated carbocycles. The van der Waals surface area contributed by atoms with E-state index in [2.05, 4.69) is 30.9 Å². The Morgan fingerprint density at radius 1 is 1.31 bits per heavy atom. The zero-order chi connectivity index (χ0) is 11.3. The summed E-state index contributed by atoms with van der Waals surface area (Å²) in [6.07, 6.45) is 3.01. The molecular formula is C14H17NO. The number of aryl methyl sites for hydroxylation is 2. The van der Waals surface area contributed by atoms with Crippen LogP contribution in [0.15, 0.2) is 12.1 Å². The molecule has 2 nitrogen and oxygen atoms in total. The van der Waals surface area contributed by atoms with Crippen LogP contribution in [0.1, 0.15) is 41.3 Å². The summed E-state index contributed by atoms with van der Waals surface area (Å²) in [4.78, 5) is 14.5. The third kappa shape index (κ3) is 1.22. The monoisotopic (exact) mass is 215 g/mol. The second kappa shape index (κ2) is 3.34. The van der Waals surface area contributed by atoms with Crippen molar-refractivity contribution in [3.8, 4) is 0 Å². The molecule has 0 aromatic heterocycles. The summed E-state index contributed by atoms with van der Waals surface area (Å²) in [7, 11) is 0. The Labute approximate surface area is 96.3 Å². The number of hydrogen-bond donors (Lipinski definition) is 0. The van der Waals surface area contributed by atoms with Crippen LogP contribution in [0.4, 0.5) is 5.69 Å². The maximum absolute atomic E-state index is 12.0. The van der Waals surface area contributed by atoms with E-state index in [9.17, 15) is 4.79 Å². The molecule has 0 bridgehead atoms. The van der Waals surface area contributed by atoms with Crippen molar-refractivity contribution in [1.29, 1.82) is 0 Å². The van der Waals surface area contributed by atoms with Gasteiger partial charge in [-0.05, 0) is 37.8 Å². The first-order chi connectivity index (χ1) is 7.68. The van der Waals surface area contributed by atoms with E-state index >= 15 is 0 Å². The predicted molar refractivity (Wildman–Crippen MR) is 65.3 cm³/mol. The van der Waals surface area contributed by atoms with Crippen molar-refractivity contribution >= 4 is 11.5 Å². The summed E-state index contributed by atoms with van der Waals surface area (Å²) in [5.74, 6) is 0.333. The molecule has 3 rings (SSSR count). The molecule has 1 unspecified atom stereocenters. The van der Waals surface area contributed by atoms with Gasteiger partial charge in [0.05, 0.1) is 5.69 Å². The fourth-order valence-corrected chi connectivity index (χ4v) is 3.04. The zero-order valence-corrected chi connectivity index (χ0v) is 9.92. The first kappa shape index (κ1) is 9.88. The molecule has 0 amide bonds. The number of nitrogens with zero attached hydrogens (tertiary/aromatic N) is 1. The van der Waals surface area contributed by atoms with Crippen LogP contribution in [0, 0.1) is 6.92 Å². The molecule has 2 heteroatoms. The first-order valence-electron chi connectivity index (χ1n) is 6.11. The number of ketones is 1. The largest absolute Gasteiger partial charge is 0.368 e. The van der Waals surface area contributed by atoms with Gasteiger partial charge in [0.15, 0.2) is 5.78 Å². The summed E-state index contributed by atoms with van der Waals surface area (Å²) < 4.78 is 0. The topological polar surface area (TPSA) is 20.3 Å². The zero-order valence-electron chi connectivity index (χ0n) is 9.92. The van der Waals surface area contributed by atoms with Crippen LogP contribution in [0.2, 0.25) is 0 Å². The third-order valence-corrected chi connectivity index (χ3v) is 3.98. The van der Waals surface area contributed by atoms with Crippen LogP contribution in [0.5, 0.6) is 0 Å². The molecule has 0 radical (unpaired) electrons. The van der Waals surface area contributed by atoms with Crippen LogP contribution in [0.3, 0.4) is 0 Å². The van der Waals surface area contributed by atoms with E-state index in [1.54, 1.807) is 0 Å². The van der Waals surface area contributed by atoms with Gasteiger partial charge < -0.3 is 4.90 Å². The fraction of sp³-hybridized carbons (Fsp3) is 0.500. The minimum absolute atomic E-state index is 0.333. The predicted octanol–water partition coefficient (Wildman–Crippen LogP) is 2.72. The quantitative estimate of drug-likeness (QED) is 0.663. The molecular weight excluding hydrogens is 198 g/mol. The van der Waals surface area contributed by atoms with Gasteiger partial charge in [0.25, 0.3) is 0 Å². The highest BCUT2D eigenvalue weighted by molar-refractivity contribution is 6.05. The van der Waals surface area contributed by atoms with E-state index in [-0.39, 0.29) is 0 Å². The van der Waals surface area contributed by atoms with Crippen molar-refractivity contribution in [2.24, 2.45) is 0 Å². The highest BCUT2D eigenvalue weighted by Crippen LogP contribution is 2.38. The molecule has 0 spiro atoms. The lowest BCUT2D eigenvalue weighted by Gasteiger charge is -2.41. The molecule has 0 aliphatic carbocycles. The molecule has 1 aromatic rings. The Hall–Kier alpha value is -1.31. The van der Waals surface area contributed by atoms with Crippen molar-refractivity contribution in [1.82, 2.24) is 0 Å². The molecule has 0 N–H and O–H groups in total.